The molecule has 0 radical (unpaired) electrons. The third kappa shape index (κ3) is 0.711. The Bertz CT molecular complexity index is 623. The van der Waals surface area contributed by atoms with Crippen LogP contribution in [0.3, 0.4) is 0 Å². The Labute approximate surface area is 78.1 Å². The number of nitro groups is 1. The van der Waals surface area contributed by atoms with Gasteiger partial charge >= 0.3 is 0 Å². The van der Waals surface area contributed by atoms with Crippen LogP contribution in [-0.4, -0.2) is 14.3 Å². The van der Waals surface area contributed by atoms with E-state index in [0.29, 0.717) is 11.2 Å². The van der Waals surface area contributed by atoms with Crippen molar-refractivity contribution >= 4 is 22.4 Å². The fourth-order valence-electron chi connectivity index (χ4n) is 1.72. The molecule has 0 saturated carbocycles. The largest absolute Gasteiger partial charge is 0.297 e. The van der Waals surface area contributed by atoms with Gasteiger partial charge in [-0.1, -0.05) is 6.07 Å². The van der Waals surface area contributed by atoms with Crippen LogP contribution in [0.1, 0.15) is 0 Å². The van der Waals surface area contributed by atoms with Crippen molar-refractivity contribution in [2.45, 2.75) is 0 Å². The summed E-state index contributed by atoms with van der Waals surface area (Å²) in [5, 5.41) is 10.7. The Balaban J connectivity index is 2.59. The van der Waals surface area contributed by atoms with Crippen molar-refractivity contribution in [3.05, 3.63) is 40.6 Å². The van der Waals surface area contributed by atoms with Crippen LogP contribution in [-0.2, 0) is 0 Å². The smallest absolute Gasteiger partial charge is 0.287 e. The second-order valence-corrected chi connectivity index (χ2v) is 3.07. The van der Waals surface area contributed by atoms with Gasteiger partial charge in [-0.3, -0.25) is 14.5 Å². The van der Waals surface area contributed by atoms with Crippen LogP contribution in [0, 0.1) is 10.1 Å². The minimum Gasteiger partial charge on any atom is -0.287 e. The van der Waals surface area contributed by atoms with Gasteiger partial charge in [-0.05, 0) is 12.1 Å². The molecule has 14 heavy (non-hydrogen) atoms. The lowest BCUT2D eigenvalue weighted by molar-refractivity contribution is -0.383. The third-order valence-electron chi connectivity index (χ3n) is 2.30. The fraction of sp³-hybridized carbons (Fsp3) is 0. The molecule has 3 aromatic rings. The molecule has 0 N–H and O–H groups in total. The number of aromatic nitrogens is 2. The molecule has 0 bridgehead atoms. The van der Waals surface area contributed by atoms with Crippen LogP contribution >= 0.6 is 0 Å². The summed E-state index contributed by atoms with van der Waals surface area (Å²) in [5.74, 6) is 0. The molecule has 68 valence electrons. The summed E-state index contributed by atoms with van der Waals surface area (Å²) in [6, 6.07) is 6.87. The molecule has 3 rings (SSSR count). The van der Waals surface area contributed by atoms with Gasteiger partial charge in [0, 0.05) is 0 Å². The predicted octanol–water partition coefficient (Wildman–Crippen LogP) is 1.83. The van der Waals surface area contributed by atoms with Crippen LogP contribution in [0.25, 0.3) is 16.7 Å². The highest BCUT2D eigenvalue weighted by molar-refractivity contribution is 5.80. The van der Waals surface area contributed by atoms with Crippen LogP contribution < -0.4 is 0 Å². The molecule has 0 spiro atoms. The highest BCUT2D eigenvalue weighted by Crippen LogP contribution is 2.27. The third-order valence-corrected chi connectivity index (χ3v) is 2.30. The van der Waals surface area contributed by atoms with Gasteiger partial charge < -0.3 is 0 Å². The number of nitrogens with zero attached hydrogens (tertiary/aromatic N) is 3. The van der Waals surface area contributed by atoms with E-state index in [1.54, 1.807) is 22.7 Å². The SMILES string of the molecule is O=[N+]([O-])c1cc2ncc3cccc1n32. The van der Waals surface area contributed by atoms with Crippen LogP contribution in [0.4, 0.5) is 5.69 Å². The quantitative estimate of drug-likeness (QED) is 0.431. The van der Waals surface area contributed by atoms with E-state index in [1.807, 2.05) is 6.07 Å². The lowest BCUT2D eigenvalue weighted by atomic mass is 10.3. The van der Waals surface area contributed by atoms with Crippen molar-refractivity contribution in [2.24, 2.45) is 0 Å². The Morgan fingerprint density at radius 3 is 3.07 bits per heavy atom. The Hall–Kier alpha value is -2.17. The molecule has 0 aliphatic rings. The van der Waals surface area contributed by atoms with Crippen molar-refractivity contribution < 1.29 is 4.92 Å². The maximum Gasteiger partial charge on any atom is 0.297 e. The Morgan fingerprint density at radius 1 is 1.43 bits per heavy atom. The molecule has 3 heterocycles. The van der Waals surface area contributed by atoms with E-state index in [1.165, 1.54) is 6.07 Å². The zero-order chi connectivity index (χ0) is 9.71. The van der Waals surface area contributed by atoms with Crippen molar-refractivity contribution in [3.63, 3.8) is 0 Å². The first-order valence-corrected chi connectivity index (χ1v) is 4.10. The first-order chi connectivity index (χ1) is 6.77. The summed E-state index contributed by atoms with van der Waals surface area (Å²) in [6.45, 7) is 0. The molecule has 0 aromatic carbocycles. The zero-order valence-corrected chi connectivity index (χ0v) is 7.04. The lowest BCUT2D eigenvalue weighted by Crippen LogP contribution is -1.87. The van der Waals surface area contributed by atoms with E-state index >= 15 is 0 Å². The molecule has 0 aliphatic heterocycles. The fourth-order valence-corrected chi connectivity index (χ4v) is 1.72. The molecule has 0 amide bonds. The summed E-state index contributed by atoms with van der Waals surface area (Å²) in [6.07, 6.45) is 1.70. The molecule has 0 unspecified atom stereocenters. The molecule has 5 heteroatoms. The molecule has 0 atom stereocenters. The minimum atomic E-state index is -0.385. The van der Waals surface area contributed by atoms with Gasteiger partial charge in [0.15, 0.2) is 0 Å². The molecule has 5 nitrogen and oxygen atoms in total. The molecule has 0 fully saturated rings. The molecular formula is C9H5N3O2. The molecule has 0 saturated heterocycles. The first kappa shape index (κ1) is 7.25. The summed E-state index contributed by atoms with van der Waals surface area (Å²) >= 11 is 0. The summed E-state index contributed by atoms with van der Waals surface area (Å²) in [4.78, 5) is 14.4. The van der Waals surface area contributed by atoms with E-state index < -0.39 is 0 Å². The van der Waals surface area contributed by atoms with Gasteiger partial charge in [0.05, 0.1) is 22.7 Å². The second kappa shape index (κ2) is 2.20. The Morgan fingerprint density at radius 2 is 2.29 bits per heavy atom. The Kier molecular flexibility index (Phi) is 1.14. The monoisotopic (exact) mass is 187 g/mol. The summed E-state index contributed by atoms with van der Waals surface area (Å²) in [7, 11) is 0. The van der Waals surface area contributed by atoms with E-state index in [-0.39, 0.29) is 10.6 Å². The maximum absolute atomic E-state index is 10.7. The van der Waals surface area contributed by atoms with E-state index in [2.05, 4.69) is 4.98 Å². The minimum absolute atomic E-state index is 0.110. The summed E-state index contributed by atoms with van der Waals surface area (Å²) < 4.78 is 1.78. The van der Waals surface area contributed by atoms with Gasteiger partial charge in [-0.15, -0.1) is 0 Å². The number of pyridine rings is 1. The normalized spacial score (nSPS) is 11.4. The average molecular weight is 187 g/mol. The number of hydrogen-bond donors (Lipinski definition) is 0. The predicted molar refractivity (Wildman–Crippen MR) is 50.5 cm³/mol. The molecular weight excluding hydrogens is 182 g/mol. The van der Waals surface area contributed by atoms with Gasteiger partial charge in [-0.25, -0.2) is 4.98 Å². The average Bonchev–Trinajstić information content (AvgIpc) is 2.72. The summed E-state index contributed by atoms with van der Waals surface area (Å²) in [5.41, 5.74) is 2.21. The van der Waals surface area contributed by atoms with Crippen molar-refractivity contribution in [1.29, 1.82) is 0 Å². The molecule has 3 aromatic heterocycles. The van der Waals surface area contributed by atoms with Crippen molar-refractivity contribution in [2.75, 3.05) is 0 Å². The highest BCUT2D eigenvalue weighted by atomic mass is 16.6. The highest BCUT2D eigenvalue weighted by Gasteiger charge is 2.17. The van der Waals surface area contributed by atoms with Gasteiger partial charge in [0.1, 0.15) is 11.2 Å². The lowest BCUT2D eigenvalue weighted by Gasteiger charge is -1.92. The second-order valence-electron chi connectivity index (χ2n) is 3.07. The van der Waals surface area contributed by atoms with Crippen LogP contribution in [0.5, 0.6) is 0 Å². The van der Waals surface area contributed by atoms with Gasteiger partial charge in [-0.2, -0.15) is 0 Å². The molecule has 0 aliphatic carbocycles. The van der Waals surface area contributed by atoms with Crippen LogP contribution in [0.15, 0.2) is 30.5 Å². The standard InChI is InChI=1S/C9H5N3O2/c13-12(14)8-4-9-10-5-6-2-1-3-7(8)11(6)9/h1-5H. The first-order valence-electron chi connectivity index (χ1n) is 4.10. The topological polar surface area (TPSA) is 60.4 Å². The maximum atomic E-state index is 10.7. The van der Waals surface area contributed by atoms with E-state index in [0.717, 1.165) is 5.52 Å². The van der Waals surface area contributed by atoms with E-state index in [9.17, 15) is 10.1 Å². The van der Waals surface area contributed by atoms with Crippen molar-refractivity contribution in [3.8, 4) is 0 Å². The number of hydrogen-bond acceptors (Lipinski definition) is 3. The number of rotatable bonds is 1. The van der Waals surface area contributed by atoms with E-state index in [4.69, 9.17) is 0 Å². The van der Waals surface area contributed by atoms with Gasteiger partial charge in [0.2, 0.25) is 0 Å². The van der Waals surface area contributed by atoms with Crippen molar-refractivity contribution in [1.82, 2.24) is 9.38 Å². The number of imidazole rings is 1. The van der Waals surface area contributed by atoms with Gasteiger partial charge in [0.25, 0.3) is 5.69 Å². The zero-order valence-electron chi connectivity index (χ0n) is 7.04. The van der Waals surface area contributed by atoms with Crippen LogP contribution in [0.2, 0.25) is 0 Å².